The summed E-state index contributed by atoms with van der Waals surface area (Å²) in [6, 6.07) is 3.90. The van der Waals surface area contributed by atoms with Crippen molar-refractivity contribution in [2.45, 2.75) is 31.7 Å². The van der Waals surface area contributed by atoms with Gasteiger partial charge in [-0.1, -0.05) is 6.92 Å². The predicted octanol–water partition coefficient (Wildman–Crippen LogP) is 0.635. The highest BCUT2D eigenvalue weighted by Crippen LogP contribution is 2.20. The van der Waals surface area contributed by atoms with E-state index in [2.05, 4.69) is 9.97 Å². The highest BCUT2D eigenvalue weighted by Gasteiger charge is 2.25. The number of hydrogen-bond donors (Lipinski definition) is 2. The summed E-state index contributed by atoms with van der Waals surface area (Å²) in [4.78, 5) is 27.5. The van der Waals surface area contributed by atoms with Gasteiger partial charge in [0.2, 0.25) is 10.0 Å². The van der Waals surface area contributed by atoms with Gasteiger partial charge in [0.1, 0.15) is 0 Å². The lowest BCUT2D eigenvalue weighted by molar-refractivity contribution is 0.369. The fourth-order valence-electron chi connectivity index (χ4n) is 2.25. The molecule has 8 heteroatoms. The van der Waals surface area contributed by atoms with Crippen molar-refractivity contribution in [3.63, 3.8) is 0 Å². The Balaban J connectivity index is 2.68. The van der Waals surface area contributed by atoms with Gasteiger partial charge in [0, 0.05) is 12.6 Å². The maximum atomic E-state index is 12.6. The Morgan fingerprint density at radius 2 is 1.86 bits per heavy atom. The molecule has 2 aromatic rings. The molecular weight excluding hydrogens is 294 g/mol. The highest BCUT2D eigenvalue weighted by molar-refractivity contribution is 7.89. The number of nitrogens with one attached hydrogen (secondary N) is 2. The van der Waals surface area contributed by atoms with Crippen molar-refractivity contribution in [2.24, 2.45) is 0 Å². The number of hydrogen-bond acceptors (Lipinski definition) is 4. The molecule has 0 saturated carbocycles. The third-order valence-electron chi connectivity index (χ3n) is 3.21. The first kappa shape index (κ1) is 15.5. The molecule has 2 rings (SSSR count). The van der Waals surface area contributed by atoms with Crippen LogP contribution in [-0.2, 0) is 10.0 Å². The van der Waals surface area contributed by atoms with E-state index in [9.17, 15) is 18.0 Å². The fourth-order valence-corrected chi connectivity index (χ4v) is 3.93. The summed E-state index contributed by atoms with van der Waals surface area (Å²) in [7, 11) is -3.68. The summed E-state index contributed by atoms with van der Waals surface area (Å²) in [6.45, 7) is 5.65. The van der Waals surface area contributed by atoms with Crippen molar-refractivity contribution in [2.75, 3.05) is 6.54 Å². The van der Waals surface area contributed by atoms with E-state index in [4.69, 9.17) is 0 Å². The molecule has 2 N–H and O–H groups in total. The summed E-state index contributed by atoms with van der Waals surface area (Å²) >= 11 is 0. The molecule has 1 aromatic carbocycles. The van der Waals surface area contributed by atoms with E-state index in [1.165, 1.54) is 22.5 Å². The molecule has 0 spiro atoms. The molecule has 0 aliphatic rings. The summed E-state index contributed by atoms with van der Waals surface area (Å²) < 4.78 is 26.5. The van der Waals surface area contributed by atoms with Gasteiger partial charge in [0.15, 0.2) is 0 Å². The second kappa shape index (κ2) is 5.45. The lowest BCUT2D eigenvalue weighted by atomic mass is 10.2. The standard InChI is InChI=1S/C13H17N3O4S/c1-4-16(8(2)3)21(19,20)9-5-6-11-10(7-9)12(17)15-13(18)14-11/h5-8H,4H2,1-3H3,(H2,14,15,17,18). The monoisotopic (exact) mass is 311 g/mol. The van der Waals surface area contributed by atoms with Gasteiger partial charge in [-0.2, -0.15) is 4.31 Å². The average molecular weight is 311 g/mol. The van der Waals surface area contributed by atoms with Crippen LogP contribution >= 0.6 is 0 Å². The van der Waals surface area contributed by atoms with Crippen LogP contribution in [0.3, 0.4) is 0 Å². The van der Waals surface area contributed by atoms with E-state index >= 15 is 0 Å². The molecule has 0 aliphatic heterocycles. The third-order valence-corrected chi connectivity index (χ3v) is 5.35. The van der Waals surface area contributed by atoms with Crippen molar-refractivity contribution in [3.05, 3.63) is 39.0 Å². The van der Waals surface area contributed by atoms with Crippen LogP contribution in [0.2, 0.25) is 0 Å². The molecule has 0 atom stereocenters. The molecule has 1 heterocycles. The summed E-state index contributed by atoms with van der Waals surface area (Å²) in [5.41, 5.74) is -0.936. The van der Waals surface area contributed by atoms with Crippen LogP contribution in [0, 0.1) is 0 Å². The Kier molecular flexibility index (Phi) is 4.02. The third kappa shape index (κ3) is 2.77. The number of sulfonamides is 1. The zero-order valence-electron chi connectivity index (χ0n) is 12.0. The summed E-state index contributed by atoms with van der Waals surface area (Å²) in [6.07, 6.45) is 0. The molecule has 0 saturated heterocycles. The van der Waals surface area contributed by atoms with Crippen LogP contribution in [0.25, 0.3) is 10.9 Å². The van der Waals surface area contributed by atoms with E-state index in [0.29, 0.717) is 12.1 Å². The number of benzene rings is 1. The van der Waals surface area contributed by atoms with Gasteiger partial charge >= 0.3 is 5.69 Å². The van der Waals surface area contributed by atoms with Crippen molar-refractivity contribution >= 4 is 20.9 Å². The van der Waals surface area contributed by atoms with Gasteiger partial charge in [-0.3, -0.25) is 9.78 Å². The zero-order chi connectivity index (χ0) is 15.8. The van der Waals surface area contributed by atoms with Crippen LogP contribution in [-0.4, -0.2) is 35.3 Å². The van der Waals surface area contributed by atoms with E-state index in [1.54, 1.807) is 20.8 Å². The maximum absolute atomic E-state index is 12.6. The average Bonchev–Trinajstić information content (AvgIpc) is 2.37. The molecule has 0 amide bonds. The number of aromatic nitrogens is 2. The van der Waals surface area contributed by atoms with Crippen molar-refractivity contribution in [3.8, 4) is 0 Å². The van der Waals surface area contributed by atoms with Gasteiger partial charge < -0.3 is 4.98 Å². The Hall–Kier alpha value is -1.93. The molecule has 114 valence electrons. The molecule has 0 radical (unpaired) electrons. The van der Waals surface area contributed by atoms with Gasteiger partial charge in [-0.15, -0.1) is 0 Å². The maximum Gasteiger partial charge on any atom is 0.326 e. The second-order valence-corrected chi connectivity index (χ2v) is 6.81. The van der Waals surface area contributed by atoms with Gasteiger partial charge in [0.05, 0.1) is 15.8 Å². The quantitative estimate of drug-likeness (QED) is 0.864. The Morgan fingerprint density at radius 1 is 1.19 bits per heavy atom. The predicted molar refractivity (Wildman–Crippen MR) is 79.9 cm³/mol. The Morgan fingerprint density at radius 3 is 2.43 bits per heavy atom. The lowest BCUT2D eigenvalue weighted by Gasteiger charge is -2.24. The Bertz CT molecular complexity index is 880. The molecule has 0 aliphatic carbocycles. The SMILES string of the molecule is CCN(C(C)C)S(=O)(=O)c1ccc2[nH]c(=O)[nH]c(=O)c2c1. The largest absolute Gasteiger partial charge is 0.326 e. The smallest absolute Gasteiger partial charge is 0.307 e. The molecule has 0 unspecified atom stereocenters. The zero-order valence-corrected chi connectivity index (χ0v) is 12.8. The minimum Gasteiger partial charge on any atom is -0.307 e. The molecule has 0 bridgehead atoms. The van der Waals surface area contributed by atoms with Crippen LogP contribution in [0.1, 0.15) is 20.8 Å². The van der Waals surface area contributed by atoms with Gasteiger partial charge in [0.25, 0.3) is 5.56 Å². The van der Waals surface area contributed by atoms with Crippen molar-refractivity contribution in [1.82, 2.24) is 14.3 Å². The van der Waals surface area contributed by atoms with Crippen LogP contribution in [0.15, 0.2) is 32.7 Å². The molecule has 21 heavy (non-hydrogen) atoms. The van der Waals surface area contributed by atoms with E-state index in [1.807, 2.05) is 0 Å². The molecule has 1 aromatic heterocycles. The van der Waals surface area contributed by atoms with Crippen LogP contribution in [0.5, 0.6) is 0 Å². The first-order valence-corrected chi connectivity index (χ1v) is 7.99. The lowest BCUT2D eigenvalue weighted by Crippen LogP contribution is -2.36. The number of aromatic amines is 2. The molecule has 7 nitrogen and oxygen atoms in total. The van der Waals surface area contributed by atoms with Crippen LogP contribution < -0.4 is 11.2 Å². The van der Waals surface area contributed by atoms with Gasteiger partial charge in [-0.25, -0.2) is 13.2 Å². The Labute approximate surface area is 121 Å². The normalized spacial score (nSPS) is 12.4. The highest BCUT2D eigenvalue weighted by atomic mass is 32.2. The minimum absolute atomic E-state index is 0.0306. The van der Waals surface area contributed by atoms with Gasteiger partial charge in [-0.05, 0) is 32.0 Å². The van der Waals surface area contributed by atoms with Crippen LogP contribution in [0.4, 0.5) is 0 Å². The molecule has 0 fully saturated rings. The number of fused-ring (bicyclic) bond motifs is 1. The van der Waals surface area contributed by atoms with E-state index in [0.717, 1.165) is 0 Å². The number of rotatable bonds is 4. The minimum atomic E-state index is -3.68. The second-order valence-electron chi connectivity index (χ2n) is 4.92. The van der Waals surface area contributed by atoms with E-state index in [-0.39, 0.29) is 16.3 Å². The first-order chi connectivity index (χ1) is 9.77. The number of nitrogens with zero attached hydrogens (tertiary/aromatic N) is 1. The summed E-state index contributed by atoms with van der Waals surface area (Å²) in [5.74, 6) is 0. The van der Waals surface area contributed by atoms with Crippen molar-refractivity contribution < 1.29 is 8.42 Å². The van der Waals surface area contributed by atoms with E-state index < -0.39 is 21.3 Å². The molecular formula is C13H17N3O4S. The first-order valence-electron chi connectivity index (χ1n) is 6.55. The topological polar surface area (TPSA) is 103 Å². The fraction of sp³-hybridized carbons (Fsp3) is 0.385. The number of H-pyrrole nitrogens is 2. The van der Waals surface area contributed by atoms with Crippen molar-refractivity contribution in [1.29, 1.82) is 0 Å². The summed E-state index contributed by atoms with van der Waals surface area (Å²) in [5, 5.41) is 0.135.